The molecule has 0 bridgehead atoms. The van der Waals surface area contributed by atoms with Crippen LogP contribution >= 0.6 is 0 Å². The summed E-state index contributed by atoms with van der Waals surface area (Å²) in [7, 11) is 1.65. The molecule has 1 aliphatic rings. The summed E-state index contributed by atoms with van der Waals surface area (Å²) in [4.78, 5) is 11.3. The number of ether oxygens (including phenoxy) is 1. The molecule has 3 rings (SSSR count). The maximum Gasteiger partial charge on any atom is 0.161 e. The van der Waals surface area contributed by atoms with Gasteiger partial charge in [-0.25, -0.2) is 9.97 Å². The van der Waals surface area contributed by atoms with Crippen molar-refractivity contribution < 1.29 is 9.84 Å². The molecule has 1 aromatic carbocycles. The van der Waals surface area contributed by atoms with Gasteiger partial charge in [0, 0.05) is 24.8 Å². The fourth-order valence-electron chi connectivity index (χ4n) is 3.14. The van der Waals surface area contributed by atoms with Gasteiger partial charge in [-0.2, -0.15) is 0 Å². The zero-order valence-electron chi connectivity index (χ0n) is 13.8. The molecular weight excluding hydrogens is 290 g/mol. The maximum atomic E-state index is 10.1. The van der Waals surface area contributed by atoms with Gasteiger partial charge in [0.05, 0.1) is 13.2 Å². The fourth-order valence-corrected chi connectivity index (χ4v) is 3.14. The molecule has 2 atom stereocenters. The average molecular weight is 313 g/mol. The molecule has 1 aliphatic heterocycles. The lowest BCUT2D eigenvalue weighted by atomic mass is 9.88. The van der Waals surface area contributed by atoms with E-state index in [0.29, 0.717) is 5.82 Å². The molecule has 0 saturated carbocycles. The molecule has 2 unspecified atom stereocenters. The van der Waals surface area contributed by atoms with Crippen molar-refractivity contribution in [2.75, 3.05) is 25.1 Å². The third-order valence-electron chi connectivity index (χ3n) is 4.50. The largest absolute Gasteiger partial charge is 0.497 e. The van der Waals surface area contributed by atoms with Gasteiger partial charge in [0.2, 0.25) is 0 Å². The summed E-state index contributed by atoms with van der Waals surface area (Å²) in [5.74, 6) is 2.90. The highest BCUT2D eigenvalue weighted by Gasteiger charge is 2.30. The zero-order valence-corrected chi connectivity index (χ0v) is 13.8. The molecule has 1 fully saturated rings. The zero-order chi connectivity index (χ0) is 16.4. The summed E-state index contributed by atoms with van der Waals surface area (Å²) < 4.78 is 5.18. The van der Waals surface area contributed by atoms with Gasteiger partial charge >= 0.3 is 0 Å². The van der Waals surface area contributed by atoms with E-state index in [1.165, 1.54) is 0 Å². The standard InChI is InChI=1S/C18H23N3O2/c1-12-10-21(11-13(2)17(12)22)16-8-9-19-18(20-16)14-4-6-15(23-3)7-5-14/h4-9,12-13,17,22H,10-11H2,1-3H3. The second kappa shape index (κ2) is 6.54. The Morgan fingerprint density at radius 2 is 1.74 bits per heavy atom. The Morgan fingerprint density at radius 1 is 1.09 bits per heavy atom. The lowest BCUT2D eigenvalue weighted by Gasteiger charge is -2.39. The Hall–Kier alpha value is -2.14. The topological polar surface area (TPSA) is 58.5 Å². The number of aromatic nitrogens is 2. The molecule has 0 amide bonds. The number of aliphatic hydroxyl groups is 1. The van der Waals surface area contributed by atoms with Crippen LogP contribution in [-0.4, -0.2) is 41.4 Å². The van der Waals surface area contributed by atoms with E-state index in [9.17, 15) is 5.11 Å². The van der Waals surface area contributed by atoms with Crippen molar-refractivity contribution in [1.82, 2.24) is 9.97 Å². The molecule has 1 N–H and O–H groups in total. The average Bonchev–Trinajstić information content (AvgIpc) is 2.59. The van der Waals surface area contributed by atoms with Crippen LogP contribution in [-0.2, 0) is 0 Å². The van der Waals surface area contributed by atoms with Crippen molar-refractivity contribution in [2.24, 2.45) is 11.8 Å². The summed E-state index contributed by atoms with van der Waals surface area (Å²) in [5, 5.41) is 10.1. The van der Waals surface area contributed by atoms with E-state index < -0.39 is 0 Å². The van der Waals surface area contributed by atoms with Crippen molar-refractivity contribution in [3.63, 3.8) is 0 Å². The van der Waals surface area contributed by atoms with Crippen molar-refractivity contribution in [2.45, 2.75) is 20.0 Å². The minimum absolute atomic E-state index is 0.234. The first-order valence-electron chi connectivity index (χ1n) is 7.99. The molecule has 5 heteroatoms. The second-order valence-corrected chi connectivity index (χ2v) is 6.32. The highest BCUT2D eigenvalue weighted by Crippen LogP contribution is 2.27. The number of methoxy groups -OCH3 is 1. The predicted molar refractivity (Wildman–Crippen MR) is 90.6 cm³/mol. The summed E-state index contributed by atoms with van der Waals surface area (Å²) in [6.45, 7) is 5.78. The predicted octanol–water partition coefficient (Wildman–Crippen LogP) is 2.61. The van der Waals surface area contributed by atoms with Crippen LogP contribution in [0.5, 0.6) is 5.75 Å². The molecule has 0 aliphatic carbocycles. The third-order valence-corrected chi connectivity index (χ3v) is 4.50. The van der Waals surface area contributed by atoms with E-state index >= 15 is 0 Å². The lowest BCUT2D eigenvalue weighted by Crippen LogP contribution is -2.47. The van der Waals surface area contributed by atoms with Gasteiger partial charge in [-0.1, -0.05) is 13.8 Å². The molecule has 5 nitrogen and oxygen atoms in total. The number of rotatable bonds is 3. The smallest absolute Gasteiger partial charge is 0.161 e. The van der Waals surface area contributed by atoms with E-state index in [4.69, 9.17) is 9.72 Å². The summed E-state index contributed by atoms with van der Waals surface area (Å²) >= 11 is 0. The van der Waals surface area contributed by atoms with Crippen molar-refractivity contribution in [1.29, 1.82) is 0 Å². The molecule has 1 aromatic heterocycles. The number of benzene rings is 1. The van der Waals surface area contributed by atoms with Gasteiger partial charge in [0.25, 0.3) is 0 Å². The van der Waals surface area contributed by atoms with E-state index in [1.807, 2.05) is 30.3 Å². The number of anilines is 1. The van der Waals surface area contributed by atoms with E-state index in [1.54, 1.807) is 13.3 Å². The number of piperidine rings is 1. The third kappa shape index (κ3) is 3.29. The molecule has 2 heterocycles. The van der Waals surface area contributed by atoms with Gasteiger partial charge in [-0.05, 0) is 42.2 Å². The molecular formula is C18H23N3O2. The quantitative estimate of drug-likeness (QED) is 0.944. The highest BCUT2D eigenvalue weighted by molar-refractivity contribution is 5.58. The van der Waals surface area contributed by atoms with Gasteiger partial charge in [-0.15, -0.1) is 0 Å². The molecule has 122 valence electrons. The van der Waals surface area contributed by atoms with Crippen LogP contribution in [0.4, 0.5) is 5.82 Å². The van der Waals surface area contributed by atoms with Crippen LogP contribution in [0.1, 0.15) is 13.8 Å². The van der Waals surface area contributed by atoms with Crippen molar-refractivity contribution in [3.05, 3.63) is 36.5 Å². The Bertz CT molecular complexity index is 648. The summed E-state index contributed by atoms with van der Waals surface area (Å²) in [5.41, 5.74) is 0.964. The fraction of sp³-hybridized carbons (Fsp3) is 0.444. The van der Waals surface area contributed by atoms with Gasteiger partial charge in [0.1, 0.15) is 11.6 Å². The van der Waals surface area contributed by atoms with Crippen LogP contribution in [0, 0.1) is 11.8 Å². The Balaban J connectivity index is 1.84. The monoisotopic (exact) mass is 313 g/mol. The Kier molecular flexibility index (Phi) is 4.48. The summed E-state index contributed by atoms with van der Waals surface area (Å²) in [6, 6.07) is 9.68. The first kappa shape index (κ1) is 15.7. The highest BCUT2D eigenvalue weighted by atomic mass is 16.5. The van der Waals surface area contributed by atoms with E-state index in [2.05, 4.69) is 23.7 Å². The normalized spacial score (nSPS) is 24.5. The van der Waals surface area contributed by atoms with Gasteiger partial charge in [-0.3, -0.25) is 0 Å². The number of hydrogen-bond donors (Lipinski definition) is 1. The van der Waals surface area contributed by atoms with Crippen LogP contribution < -0.4 is 9.64 Å². The van der Waals surface area contributed by atoms with Gasteiger partial charge in [0.15, 0.2) is 5.82 Å². The minimum Gasteiger partial charge on any atom is -0.497 e. The second-order valence-electron chi connectivity index (χ2n) is 6.32. The van der Waals surface area contributed by atoms with Crippen molar-refractivity contribution in [3.8, 4) is 17.1 Å². The molecule has 0 spiro atoms. The van der Waals surface area contributed by atoms with Crippen LogP contribution in [0.2, 0.25) is 0 Å². The minimum atomic E-state index is -0.242. The van der Waals surface area contributed by atoms with Gasteiger partial charge < -0.3 is 14.7 Å². The number of aliphatic hydroxyl groups excluding tert-OH is 1. The summed E-state index contributed by atoms with van der Waals surface area (Å²) in [6.07, 6.45) is 1.55. The van der Waals surface area contributed by atoms with E-state index in [-0.39, 0.29) is 17.9 Å². The Morgan fingerprint density at radius 3 is 2.35 bits per heavy atom. The lowest BCUT2D eigenvalue weighted by molar-refractivity contribution is 0.0527. The first-order valence-corrected chi connectivity index (χ1v) is 7.99. The number of hydrogen-bond acceptors (Lipinski definition) is 5. The molecule has 2 aromatic rings. The SMILES string of the molecule is COc1ccc(-c2nccc(N3CC(C)C(O)C(C)C3)n2)cc1. The van der Waals surface area contributed by atoms with E-state index in [0.717, 1.165) is 30.2 Å². The molecule has 0 radical (unpaired) electrons. The molecule has 1 saturated heterocycles. The Labute approximate surface area is 137 Å². The van der Waals surface area contributed by atoms with Crippen LogP contribution in [0.15, 0.2) is 36.5 Å². The van der Waals surface area contributed by atoms with Crippen molar-refractivity contribution >= 4 is 5.82 Å². The van der Waals surface area contributed by atoms with Crippen LogP contribution in [0.3, 0.4) is 0 Å². The number of nitrogens with zero attached hydrogens (tertiary/aromatic N) is 3. The van der Waals surface area contributed by atoms with Crippen LogP contribution in [0.25, 0.3) is 11.4 Å². The maximum absolute atomic E-state index is 10.1. The molecule has 23 heavy (non-hydrogen) atoms. The first-order chi connectivity index (χ1) is 11.1.